The number of carbonyl (C=O) groups is 1. The predicted molar refractivity (Wildman–Crippen MR) is 77.1 cm³/mol. The average Bonchev–Trinajstić information content (AvgIpc) is 2.88. The molecule has 0 unspecified atom stereocenters. The summed E-state index contributed by atoms with van der Waals surface area (Å²) in [7, 11) is -2.09. The van der Waals surface area contributed by atoms with Gasteiger partial charge < -0.3 is 10.0 Å². The van der Waals surface area contributed by atoms with Crippen molar-refractivity contribution in [2.45, 2.75) is 17.4 Å². The van der Waals surface area contributed by atoms with Crippen LogP contribution in [-0.2, 0) is 10.0 Å². The van der Waals surface area contributed by atoms with Crippen LogP contribution in [0.2, 0.25) is 0 Å². The smallest absolute Gasteiger partial charge is 0.407 e. The molecule has 0 radical (unpaired) electrons. The van der Waals surface area contributed by atoms with Crippen LogP contribution >= 0.6 is 15.9 Å². The molecule has 1 atom stereocenters. The van der Waals surface area contributed by atoms with Crippen molar-refractivity contribution in [3.8, 4) is 0 Å². The molecule has 6 nitrogen and oxygen atoms in total. The Morgan fingerprint density at radius 2 is 2.00 bits per heavy atom. The van der Waals surface area contributed by atoms with E-state index in [4.69, 9.17) is 5.11 Å². The van der Waals surface area contributed by atoms with Gasteiger partial charge in [0.25, 0.3) is 0 Å². The van der Waals surface area contributed by atoms with Crippen molar-refractivity contribution in [1.29, 1.82) is 0 Å². The normalized spacial score (nSPS) is 20.0. The number of halogens is 1. The lowest BCUT2D eigenvalue weighted by Crippen LogP contribution is -2.39. The molecule has 20 heavy (non-hydrogen) atoms. The lowest BCUT2D eigenvalue weighted by molar-refractivity contribution is 0.140. The summed E-state index contributed by atoms with van der Waals surface area (Å²) < 4.78 is 27.0. The van der Waals surface area contributed by atoms with Gasteiger partial charge in [-0.05, 0) is 30.7 Å². The molecule has 0 aromatic heterocycles. The highest BCUT2D eigenvalue weighted by Gasteiger charge is 2.35. The van der Waals surface area contributed by atoms with E-state index in [0.29, 0.717) is 13.0 Å². The Hall–Kier alpha value is -1.12. The molecule has 0 aliphatic carbocycles. The Bertz CT molecular complexity index is 602. The zero-order valence-electron chi connectivity index (χ0n) is 10.9. The van der Waals surface area contributed by atoms with Crippen molar-refractivity contribution < 1.29 is 18.3 Å². The van der Waals surface area contributed by atoms with Gasteiger partial charge in [-0.15, -0.1) is 0 Å². The highest BCUT2D eigenvalue weighted by molar-refractivity contribution is 9.10. The van der Waals surface area contributed by atoms with Gasteiger partial charge in [0, 0.05) is 30.7 Å². The number of hydrogen-bond donors (Lipinski definition) is 1. The summed E-state index contributed by atoms with van der Waals surface area (Å²) in [5.41, 5.74) is 0. The first-order valence-corrected chi connectivity index (χ1v) is 8.27. The second-order valence-corrected chi connectivity index (χ2v) is 7.51. The van der Waals surface area contributed by atoms with Crippen molar-refractivity contribution in [3.63, 3.8) is 0 Å². The van der Waals surface area contributed by atoms with Crippen molar-refractivity contribution in [2.75, 3.05) is 20.1 Å². The highest BCUT2D eigenvalue weighted by Crippen LogP contribution is 2.24. The van der Waals surface area contributed by atoms with Gasteiger partial charge >= 0.3 is 6.09 Å². The molecule has 110 valence electrons. The summed E-state index contributed by atoms with van der Waals surface area (Å²) in [5.74, 6) is 0. The van der Waals surface area contributed by atoms with Crippen LogP contribution in [0.5, 0.6) is 0 Å². The molecule has 0 spiro atoms. The molecule has 1 aliphatic rings. The fourth-order valence-corrected chi connectivity index (χ4v) is 3.91. The molecular weight excluding hydrogens is 348 g/mol. The van der Waals surface area contributed by atoms with Crippen LogP contribution in [0.3, 0.4) is 0 Å². The summed E-state index contributed by atoms with van der Waals surface area (Å²) in [6, 6.07) is 6.12. The number of nitrogens with zero attached hydrogens (tertiary/aromatic N) is 2. The van der Waals surface area contributed by atoms with E-state index in [0.717, 1.165) is 9.37 Å². The van der Waals surface area contributed by atoms with E-state index in [-0.39, 0.29) is 17.5 Å². The standard InChI is InChI=1S/C12H15BrN2O4S/c1-14(12(16)17)10-6-7-15(8-10)20(18,19)11-4-2-9(13)3-5-11/h2-5,10H,6-8H2,1H3,(H,16,17)/t10-/m1/s1. The molecule has 1 saturated heterocycles. The van der Waals surface area contributed by atoms with Crippen LogP contribution in [0.25, 0.3) is 0 Å². The third-order valence-electron chi connectivity index (χ3n) is 3.43. The van der Waals surface area contributed by atoms with E-state index >= 15 is 0 Å². The van der Waals surface area contributed by atoms with Crippen LogP contribution in [0.4, 0.5) is 4.79 Å². The van der Waals surface area contributed by atoms with Crippen molar-refractivity contribution in [3.05, 3.63) is 28.7 Å². The molecule has 1 aromatic rings. The van der Waals surface area contributed by atoms with Gasteiger partial charge in [0.15, 0.2) is 0 Å². The lowest BCUT2D eigenvalue weighted by Gasteiger charge is -2.21. The molecule has 0 bridgehead atoms. The minimum atomic E-state index is -3.55. The lowest BCUT2D eigenvalue weighted by atomic mass is 10.2. The summed E-state index contributed by atoms with van der Waals surface area (Å²) in [6.45, 7) is 0.530. The van der Waals surface area contributed by atoms with Crippen molar-refractivity contribution in [2.24, 2.45) is 0 Å². The summed E-state index contributed by atoms with van der Waals surface area (Å²) in [6.07, 6.45) is -0.531. The maximum atomic E-state index is 12.4. The molecule has 1 aliphatic heterocycles. The number of benzene rings is 1. The summed E-state index contributed by atoms with van der Waals surface area (Å²) in [5, 5.41) is 8.93. The molecule has 1 amide bonds. The minimum Gasteiger partial charge on any atom is -0.465 e. The fraction of sp³-hybridized carbons (Fsp3) is 0.417. The average molecular weight is 363 g/mol. The zero-order valence-corrected chi connectivity index (χ0v) is 13.3. The van der Waals surface area contributed by atoms with Crippen molar-refractivity contribution in [1.82, 2.24) is 9.21 Å². The first-order chi connectivity index (χ1) is 9.32. The number of amides is 1. The topological polar surface area (TPSA) is 77.9 Å². The summed E-state index contributed by atoms with van der Waals surface area (Å²) >= 11 is 3.26. The molecule has 1 N–H and O–H groups in total. The van der Waals surface area contributed by atoms with E-state index < -0.39 is 16.1 Å². The van der Waals surface area contributed by atoms with E-state index in [1.807, 2.05) is 0 Å². The van der Waals surface area contributed by atoms with Gasteiger partial charge in [-0.1, -0.05) is 15.9 Å². The zero-order chi connectivity index (χ0) is 14.9. The van der Waals surface area contributed by atoms with Crippen LogP contribution in [0.15, 0.2) is 33.6 Å². The number of likely N-dealkylation sites (N-methyl/N-ethyl adjacent to an activating group) is 1. The van der Waals surface area contributed by atoms with E-state index in [2.05, 4.69) is 15.9 Å². The Balaban J connectivity index is 2.16. The highest BCUT2D eigenvalue weighted by atomic mass is 79.9. The van der Waals surface area contributed by atoms with Gasteiger partial charge in [-0.2, -0.15) is 4.31 Å². The minimum absolute atomic E-state index is 0.196. The first kappa shape index (κ1) is 15.3. The second kappa shape index (κ2) is 5.71. The van der Waals surface area contributed by atoms with Gasteiger partial charge in [0.2, 0.25) is 10.0 Å². The molecule has 2 rings (SSSR count). The Labute approximate surface area is 126 Å². The Morgan fingerprint density at radius 1 is 1.40 bits per heavy atom. The molecule has 0 saturated carbocycles. The number of sulfonamides is 1. The van der Waals surface area contributed by atoms with Gasteiger partial charge in [0.05, 0.1) is 4.90 Å². The van der Waals surface area contributed by atoms with Gasteiger partial charge in [0.1, 0.15) is 0 Å². The third kappa shape index (κ3) is 2.97. The quantitative estimate of drug-likeness (QED) is 0.889. The van der Waals surface area contributed by atoms with E-state index in [1.54, 1.807) is 12.1 Å². The molecule has 1 fully saturated rings. The summed E-state index contributed by atoms with van der Waals surface area (Å²) in [4.78, 5) is 12.3. The maximum Gasteiger partial charge on any atom is 0.407 e. The van der Waals surface area contributed by atoms with Crippen molar-refractivity contribution >= 4 is 32.0 Å². The SMILES string of the molecule is CN(C(=O)O)[C@@H]1CCN(S(=O)(=O)c2ccc(Br)cc2)C1. The van der Waals surface area contributed by atoms with Crippen LogP contribution in [-0.4, -0.2) is 55.0 Å². The number of carboxylic acid groups (broad SMARTS) is 1. The predicted octanol–water partition coefficient (Wildman–Crippen LogP) is 1.82. The largest absolute Gasteiger partial charge is 0.465 e. The van der Waals surface area contributed by atoms with Crippen LogP contribution in [0, 0.1) is 0 Å². The van der Waals surface area contributed by atoms with Gasteiger partial charge in [-0.25, -0.2) is 13.2 Å². The Kier molecular flexibility index (Phi) is 4.36. The third-order valence-corrected chi connectivity index (χ3v) is 5.84. The second-order valence-electron chi connectivity index (χ2n) is 4.65. The first-order valence-electron chi connectivity index (χ1n) is 6.04. The number of hydrogen-bond acceptors (Lipinski definition) is 3. The Morgan fingerprint density at radius 3 is 2.55 bits per heavy atom. The maximum absolute atomic E-state index is 12.4. The fourth-order valence-electron chi connectivity index (χ4n) is 2.16. The molecule has 1 aromatic carbocycles. The van der Waals surface area contributed by atoms with Crippen LogP contribution < -0.4 is 0 Å². The van der Waals surface area contributed by atoms with Crippen LogP contribution in [0.1, 0.15) is 6.42 Å². The monoisotopic (exact) mass is 362 g/mol. The molecule has 8 heteroatoms. The van der Waals surface area contributed by atoms with E-state index in [9.17, 15) is 13.2 Å². The molecular formula is C12H15BrN2O4S. The van der Waals surface area contributed by atoms with E-state index in [1.165, 1.54) is 23.5 Å². The van der Waals surface area contributed by atoms with Gasteiger partial charge in [-0.3, -0.25) is 0 Å². The number of rotatable bonds is 3. The molecule has 1 heterocycles.